The van der Waals surface area contributed by atoms with Crippen LogP contribution in [0.25, 0.3) is 10.1 Å². The molecule has 1 aromatic heterocycles. The first-order chi connectivity index (χ1) is 24.2. The summed E-state index contributed by atoms with van der Waals surface area (Å²) in [6.45, 7) is 3.32. The molecule has 1 heterocycles. The Morgan fingerprint density at radius 3 is 1.71 bits per heavy atom. The van der Waals surface area contributed by atoms with Crippen molar-refractivity contribution in [2.45, 2.75) is 43.5 Å². The Hall–Kier alpha value is -4.72. The molecule has 2 amide bonds. The van der Waals surface area contributed by atoms with Crippen LogP contribution in [0.5, 0.6) is 34.5 Å². The fraction of sp³-hybridized carbons (Fsp3) is 0.290. The van der Waals surface area contributed by atoms with Crippen molar-refractivity contribution in [3.8, 4) is 34.5 Å². The summed E-state index contributed by atoms with van der Waals surface area (Å²) in [5.74, 6) is -7.66. The second-order valence-corrected chi connectivity index (χ2v) is 16.1. The van der Waals surface area contributed by atoms with Crippen molar-refractivity contribution in [1.82, 2.24) is 15.4 Å². The number of fused-ring (bicyclic) bond motifs is 1. The summed E-state index contributed by atoms with van der Waals surface area (Å²) in [5, 5.41) is 43.0. The van der Waals surface area contributed by atoms with E-state index >= 15 is 8.78 Å². The summed E-state index contributed by atoms with van der Waals surface area (Å²) in [6.07, 6.45) is -1.45. The average Bonchev–Trinajstić information content (AvgIpc) is 3.48. The number of phenolic OH excluding ortho intramolecular Hbond substituents is 4. The highest BCUT2D eigenvalue weighted by atomic mass is 32.2. The molecular formula is C31H34F2N3O13PS2. The maximum Gasteiger partial charge on any atom is 0.340 e. The van der Waals surface area contributed by atoms with Gasteiger partial charge in [-0.3, -0.25) is 14.2 Å². The molecule has 4 aromatic rings. The lowest BCUT2D eigenvalue weighted by Gasteiger charge is -2.20. The van der Waals surface area contributed by atoms with Gasteiger partial charge in [0, 0.05) is 16.5 Å². The van der Waals surface area contributed by atoms with Gasteiger partial charge in [0.05, 0.1) is 16.8 Å². The number of ether oxygens (including phenoxy) is 2. The van der Waals surface area contributed by atoms with E-state index in [1.54, 1.807) is 4.72 Å². The number of nitrogens with one attached hydrogen (secondary N) is 3. The van der Waals surface area contributed by atoms with E-state index in [9.17, 15) is 52.8 Å². The van der Waals surface area contributed by atoms with E-state index in [2.05, 4.69) is 10.6 Å². The second kappa shape index (κ2) is 15.9. The quantitative estimate of drug-likeness (QED) is 0.0619. The van der Waals surface area contributed by atoms with Crippen LogP contribution in [0.4, 0.5) is 8.78 Å². The lowest BCUT2D eigenvalue weighted by atomic mass is 10.1. The monoisotopic (exact) mass is 789 g/mol. The number of benzene rings is 3. The highest BCUT2D eigenvalue weighted by Gasteiger charge is 2.33. The Labute approximate surface area is 298 Å². The summed E-state index contributed by atoms with van der Waals surface area (Å²) in [7, 11) is -9.56. The Morgan fingerprint density at radius 2 is 1.29 bits per heavy atom. The van der Waals surface area contributed by atoms with Crippen LogP contribution in [0.3, 0.4) is 0 Å². The van der Waals surface area contributed by atoms with Gasteiger partial charge in [-0.25, -0.2) is 17.2 Å². The van der Waals surface area contributed by atoms with Gasteiger partial charge in [-0.05, 0) is 62.2 Å². The van der Waals surface area contributed by atoms with Crippen molar-refractivity contribution in [3.63, 3.8) is 0 Å². The van der Waals surface area contributed by atoms with Crippen LogP contribution in [-0.4, -0.2) is 82.0 Å². The van der Waals surface area contributed by atoms with Crippen molar-refractivity contribution in [2.24, 2.45) is 0 Å². The second-order valence-electron chi connectivity index (χ2n) is 11.5. The van der Waals surface area contributed by atoms with Crippen LogP contribution in [-0.2, 0) is 21.0 Å². The number of hydrogen-bond acceptors (Lipinski definition) is 12. The first-order valence-corrected chi connectivity index (χ1v) is 19.3. The van der Waals surface area contributed by atoms with E-state index in [-0.39, 0.29) is 34.4 Å². The molecule has 4 rings (SSSR count). The Balaban J connectivity index is 1.69. The number of carbonyl (C=O) groups is 2. The molecule has 0 radical (unpaired) electrons. The van der Waals surface area contributed by atoms with E-state index in [4.69, 9.17) is 9.47 Å². The zero-order chi connectivity index (χ0) is 38.7. The maximum absolute atomic E-state index is 16.5. The summed E-state index contributed by atoms with van der Waals surface area (Å²) >= 11 is 0.284. The number of hydrogen-bond donors (Lipinski definition) is 9. The highest BCUT2D eigenvalue weighted by Crippen LogP contribution is 2.47. The zero-order valence-electron chi connectivity index (χ0n) is 27.5. The van der Waals surface area contributed by atoms with Crippen LogP contribution >= 0.6 is 18.9 Å². The van der Waals surface area contributed by atoms with Crippen molar-refractivity contribution in [1.29, 1.82) is 0 Å². The molecule has 282 valence electrons. The molecule has 9 N–H and O–H groups in total. The average molecular weight is 790 g/mol. The van der Waals surface area contributed by atoms with Crippen LogP contribution in [0.2, 0.25) is 0 Å². The van der Waals surface area contributed by atoms with Gasteiger partial charge in [-0.15, -0.1) is 11.3 Å². The van der Waals surface area contributed by atoms with Gasteiger partial charge in [-0.1, -0.05) is 6.92 Å². The lowest BCUT2D eigenvalue weighted by molar-refractivity contribution is 0.0912. The molecule has 52 heavy (non-hydrogen) atoms. The third-order valence-electron chi connectivity index (χ3n) is 7.24. The van der Waals surface area contributed by atoms with Crippen LogP contribution in [0.1, 0.15) is 47.1 Å². The van der Waals surface area contributed by atoms with Crippen molar-refractivity contribution < 1.29 is 71.0 Å². The number of rotatable bonds is 15. The van der Waals surface area contributed by atoms with Crippen molar-refractivity contribution in [3.05, 3.63) is 64.7 Å². The largest absolute Gasteiger partial charge is 0.504 e. The molecule has 0 saturated carbocycles. The topological polar surface area (TPSA) is 261 Å². The molecule has 0 aliphatic rings. The third kappa shape index (κ3) is 9.19. The van der Waals surface area contributed by atoms with Gasteiger partial charge in [0.1, 0.15) is 23.7 Å². The minimum absolute atomic E-state index is 0.0460. The Morgan fingerprint density at radius 1 is 0.827 bits per heavy atom. The number of carbonyl (C=O) groups excluding carboxylic acids is 2. The summed E-state index contributed by atoms with van der Waals surface area (Å²) in [6, 6.07) is 4.80. The molecule has 0 saturated heterocycles. The van der Waals surface area contributed by atoms with E-state index < -0.39 is 121 Å². The Kier molecular flexibility index (Phi) is 12.2. The fourth-order valence-electron chi connectivity index (χ4n) is 4.72. The number of aromatic hydroxyl groups is 4. The highest BCUT2D eigenvalue weighted by molar-refractivity contribution is 7.92. The number of amides is 2. The summed E-state index contributed by atoms with van der Waals surface area (Å²) in [5.41, 5.74) is -0.317. The van der Waals surface area contributed by atoms with Crippen LogP contribution < -0.4 is 24.8 Å². The van der Waals surface area contributed by atoms with E-state index in [1.807, 2.05) is 0 Å². The predicted molar refractivity (Wildman–Crippen MR) is 183 cm³/mol. The summed E-state index contributed by atoms with van der Waals surface area (Å²) in [4.78, 5) is 43.8. The minimum atomic E-state index is -4.86. The molecule has 21 heteroatoms. The van der Waals surface area contributed by atoms with Gasteiger partial charge in [0.25, 0.3) is 21.8 Å². The Bertz CT molecular complexity index is 2180. The van der Waals surface area contributed by atoms with Gasteiger partial charge in [-0.2, -0.15) is 4.72 Å². The lowest BCUT2D eigenvalue weighted by Crippen LogP contribution is -2.37. The number of thiophene rings is 1. The van der Waals surface area contributed by atoms with Gasteiger partial charge in [0.2, 0.25) is 11.5 Å². The number of aryl methyl sites for hydroxylation is 1. The molecule has 2 unspecified atom stereocenters. The molecule has 0 bridgehead atoms. The molecule has 2 atom stereocenters. The first kappa shape index (κ1) is 40.1. The van der Waals surface area contributed by atoms with Crippen molar-refractivity contribution >= 4 is 50.9 Å². The smallest absolute Gasteiger partial charge is 0.340 e. The molecule has 0 spiro atoms. The summed E-state index contributed by atoms with van der Waals surface area (Å²) < 4.78 is 82.2. The predicted octanol–water partition coefficient (Wildman–Crippen LogP) is 3.37. The maximum atomic E-state index is 16.5. The SMILES string of the molecule is CCc1c(S(=O)(=O)NCP(=O)(O)O)sc2c(F)c(OCC(C)NC(=O)c3ccc(O)c(O)c3)c(OCC(C)NC(=O)c3ccc(O)c(O)c3)c(F)c12. The van der Waals surface area contributed by atoms with Crippen LogP contribution in [0, 0.1) is 11.6 Å². The molecule has 3 aromatic carbocycles. The van der Waals surface area contributed by atoms with Gasteiger partial charge in [0.15, 0.2) is 34.6 Å². The molecular weight excluding hydrogens is 755 g/mol. The van der Waals surface area contributed by atoms with Crippen LogP contribution in [0.15, 0.2) is 40.6 Å². The van der Waals surface area contributed by atoms with Crippen molar-refractivity contribution in [2.75, 3.05) is 19.5 Å². The fourth-order valence-corrected chi connectivity index (χ4v) is 8.69. The number of halogens is 2. The molecule has 0 aliphatic heterocycles. The minimum Gasteiger partial charge on any atom is -0.504 e. The number of phenols is 4. The zero-order valence-corrected chi connectivity index (χ0v) is 30.0. The standard InChI is InChI=1S/C31H34F2N3O13PS2/c1-4-18-23-24(32)26(48-11-14(2)35-29(41)16-5-7-19(37)21(39)9-16)27(25(33)28(23)51-31(18)52(46,47)34-13-50(43,44)45)49-12-15(3)36-30(42)17-6-8-20(38)22(40)10-17/h5-10,14-15,34,37-40H,4,11-13H2,1-3H3,(H,35,41)(H,36,42)(H2,43,44,45). The normalized spacial score (nSPS) is 13.1. The first-order valence-electron chi connectivity index (χ1n) is 15.2. The van der Waals surface area contributed by atoms with E-state index in [0.717, 1.165) is 24.3 Å². The van der Waals surface area contributed by atoms with Gasteiger partial charge >= 0.3 is 7.60 Å². The molecule has 16 nitrogen and oxygen atoms in total. The molecule has 0 aliphatic carbocycles. The van der Waals surface area contributed by atoms with Gasteiger partial charge < -0.3 is 50.3 Å². The third-order valence-corrected chi connectivity index (χ3v) is 11.2. The van der Waals surface area contributed by atoms with E-state index in [1.165, 1.54) is 32.9 Å². The molecule has 0 fully saturated rings. The number of sulfonamides is 1. The van der Waals surface area contributed by atoms with E-state index in [0.29, 0.717) is 0 Å².